The van der Waals surface area contributed by atoms with Gasteiger partial charge in [0.1, 0.15) is 0 Å². The number of rotatable bonds is 3. The normalized spacial score (nSPS) is 35.3. The summed E-state index contributed by atoms with van der Waals surface area (Å²) < 4.78 is 6.45. The van der Waals surface area contributed by atoms with Crippen LogP contribution in [0.4, 0.5) is 0 Å². The van der Waals surface area contributed by atoms with Crippen LogP contribution in [-0.2, 0) is 4.74 Å². The first-order chi connectivity index (χ1) is 8.52. The van der Waals surface area contributed by atoms with Gasteiger partial charge in [-0.05, 0) is 32.7 Å². The van der Waals surface area contributed by atoms with Crippen molar-refractivity contribution < 1.29 is 4.74 Å². The van der Waals surface area contributed by atoms with E-state index in [1.165, 1.54) is 25.0 Å². The van der Waals surface area contributed by atoms with Crippen molar-refractivity contribution in [3.63, 3.8) is 0 Å². The highest BCUT2D eigenvalue weighted by Gasteiger charge is 2.34. The molecule has 0 radical (unpaired) electrons. The van der Waals surface area contributed by atoms with Gasteiger partial charge < -0.3 is 10.5 Å². The first-order valence-electron chi connectivity index (χ1n) is 7.25. The Morgan fingerprint density at radius 3 is 2.78 bits per heavy atom. The summed E-state index contributed by atoms with van der Waals surface area (Å²) in [5.74, 6) is 1.21. The van der Waals surface area contributed by atoms with E-state index in [0.717, 1.165) is 19.6 Å². The summed E-state index contributed by atoms with van der Waals surface area (Å²) in [7, 11) is 0. The van der Waals surface area contributed by atoms with Gasteiger partial charge in [0, 0.05) is 29.6 Å². The first kappa shape index (κ1) is 14.6. The van der Waals surface area contributed by atoms with Gasteiger partial charge in [0.05, 0.1) is 12.2 Å². The highest BCUT2D eigenvalue weighted by molar-refractivity contribution is 8.00. The minimum atomic E-state index is 0.358. The van der Waals surface area contributed by atoms with E-state index in [2.05, 4.69) is 37.4 Å². The zero-order valence-electron chi connectivity index (χ0n) is 12.0. The van der Waals surface area contributed by atoms with Crippen LogP contribution >= 0.6 is 11.8 Å². The lowest BCUT2D eigenvalue weighted by molar-refractivity contribution is -0.00288. The molecule has 2 rings (SSSR count). The predicted octanol–water partition coefficient (Wildman–Crippen LogP) is 2.10. The maximum atomic E-state index is 6.03. The van der Waals surface area contributed by atoms with Crippen LogP contribution in [0.2, 0.25) is 0 Å². The van der Waals surface area contributed by atoms with Gasteiger partial charge in [-0.15, -0.1) is 0 Å². The Balaban J connectivity index is 1.95. The molecule has 2 aliphatic rings. The first-order valence-corrected chi connectivity index (χ1v) is 8.24. The Morgan fingerprint density at radius 1 is 1.39 bits per heavy atom. The largest absolute Gasteiger partial charge is 0.374 e. The van der Waals surface area contributed by atoms with Crippen LogP contribution in [0, 0.1) is 0 Å². The van der Waals surface area contributed by atoms with Crippen molar-refractivity contribution in [2.24, 2.45) is 5.73 Å². The summed E-state index contributed by atoms with van der Waals surface area (Å²) in [6, 6.07) is 0.421. The molecule has 0 aromatic carbocycles. The highest BCUT2D eigenvalue weighted by Crippen LogP contribution is 2.32. The van der Waals surface area contributed by atoms with Gasteiger partial charge in [-0.1, -0.05) is 13.8 Å². The molecular formula is C14H28N2OS. The number of nitrogens with zero attached hydrogens (tertiary/aromatic N) is 1. The quantitative estimate of drug-likeness (QED) is 0.854. The molecule has 0 spiro atoms. The molecule has 0 aliphatic carbocycles. The Hall–Kier alpha value is 0.230. The third kappa shape index (κ3) is 3.62. The monoisotopic (exact) mass is 272 g/mol. The molecule has 0 aromatic heterocycles. The molecule has 3 unspecified atom stereocenters. The Morgan fingerprint density at radius 2 is 2.17 bits per heavy atom. The molecule has 106 valence electrons. The lowest BCUT2D eigenvalue weighted by Crippen LogP contribution is -2.49. The van der Waals surface area contributed by atoms with E-state index in [9.17, 15) is 0 Å². The van der Waals surface area contributed by atoms with E-state index in [4.69, 9.17) is 10.5 Å². The standard InChI is InChI=1S/C14H28N2OS/c1-11-4-5-13(17-11)12(10-15)16-7-6-14(2,3)18-9-8-16/h11-13H,4-10,15H2,1-3H3. The van der Waals surface area contributed by atoms with Crippen molar-refractivity contribution in [2.45, 2.75) is 63.0 Å². The van der Waals surface area contributed by atoms with Crippen LogP contribution in [-0.4, -0.2) is 53.3 Å². The zero-order valence-corrected chi connectivity index (χ0v) is 12.8. The second-order valence-electron chi connectivity index (χ2n) is 6.26. The van der Waals surface area contributed by atoms with Crippen molar-refractivity contribution in [3.8, 4) is 0 Å². The van der Waals surface area contributed by atoms with E-state index in [1.807, 2.05) is 0 Å². The van der Waals surface area contributed by atoms with E-state index in [1.54, 1.807) is 0 Å². The second-order valence-corrected chi connectivity index (χ2v) is 8.06. The third-order valence-corrected chi connectivity index (χ3v) is 5.65. The van der Waals surface area contributed by atoms with Gasteiger partial charge in [-0.3, -0.25) is 4.90 Å². The van der Waals surface area contributed by atoms with Crippen LogP contribution in [0.5, 0.6) is 0 Å². The maximum absolute atomic E-state index is 6.03. The van der Waals surface area contributed by atoms with Gasteiger partial charge in [0.25, 0.3) is 0 Å². The van der Waals surface area contributed by atoms with Gasteiger partial charge in [-0.25, -0.2) is 0 Å². The summed E-state index contributed by atoms with van der Waals surface area (Å²) in [6.07, 6.45) is 4.39. The molecule has 2 fully saturated rings. The van der Waals surface area contributed by atoms with Crippen molar-refractivity contribution >= 4 is 11.8 Å². The van der Waals surface area contributed by atoms with Crippen molar-refractivity contribution in [1.29, 1.82) is 0 Å². The Labute approximate surface area is 116 Å². The van der Waals surface area contributed by atoms with Crippen molar-refractivity contribution in [2.75, 3.05) is 25.4 Å². The minimum absolute atomic E-state index is 0.358. The van der Waals surface area contributed by atoms with Crippen LogP contribution in [0.25, 0.3) is 0 Å². The summed E-state index contributed by atoms with van der Waals surface area (Å²) in [4.78, 5) is 2.57. The van der Waals surface area contributed by atoms with E-state index >= 15 is 0 Å². The maximum Gasteiger partial charge on any atom is 0.0747 e. The SMILES string of the molecule is CC1CCC(C(CN)N2CCSC(C)(C)CC2)O1. The fourth-order valence-corrected chi connectivity index (χ4v) is 4.13. The molecule has 18 heavy (non-hydrogen) atoms. The lowest BCUT2D eigenvalue weighted by atomic mass is 10.0. The van der Waals surface area contributed by atoms with Gasteiger partial charge >= 0.3 is 0 Å². The molecule has 0 bridgehead atoms. The number of hydrogen-bond donors (Lipinski definition) is 1. The number of ether oxygens (including phenoxy) is 1. The van der Waals surface area contributed by atoms with E-state index in [-0.39, 0.29) is 0 Å². The summed E-state index contributed by atoms with van der Waals surface area (Å²) in [5.41, 5.74) is 6.02. The summed E-state index contributed by atoms with van der Waals surface area (Å²) in [5, 5.41) is 0. The predicted molar refractivity (Wildman–Crippen MR) is 79.1 cm³/mol. The van der Waals surface area contributed by atoms with Crippen LogP contribution in [0.15, 0.2) is 0 Å². The average Bonchev–Trinajstić information content (AvgIpc) is 2.64. The highest BCUT2D eigenvalue weighted by atomic mass is 32.2. The molecular weight excluding hydrogens is 244 g/mol. The van der Waals surface area contributed by atoms with E-state index in [0.29, 0.717) is 23.0 Å². The van der Waals surface area contributed by atoms with Gasteiger partial charge in [-0.2, -0.15) is 11.8 Å². The molecule has 4 heteroatoms. The Kier molecular flexibility index (Phi) is 4.98. The molecule has 2 saturated heterocycles. The Bertz CT molecular complexity index is 273. The fraction of sp³-hybridized carbons (Fsp3) is 1.00. The molecule has 0 amide bonds. The molecule has 3 nitrogen and oxygen atoms in total. The molecule has 0 saturated carbocycles. The number of hydrogen-bond acceptors (Lipinski definition) is 4. The number of nitrogens with two attached hydrogens (primary N) is 1. The molecule has 3 atom stereocenters. The van der Waals surface area contributed by atoms with Gasteiger partial charge in [0.2, 0.25) is 0 Å². The molecule has 2 heterocycles. The number of thioether (sulfide) groups is 1. The molecule has 2 N–H and O–H groups in total. The van der Waals surface area contributed by atoms with Crippen molar-refractivity contribution in [1.82, 2.24) is 4.90 Å². The topological polar surface area (TPSA) is 38.5 Å². The second kappa shape index (κ2) is 6.12. The summed E-state index contributed by atoms with van der Waals surface area (Å²) >= 11 is 2.09. The average molecular weight is 272 g/mol. The third-order valence-electron chi connectivity index (χ3n) is 4.28. The fourth-order valence-electron chi connectivity index (χ4n) is 3.02. The lowest BCUT2D eigenvalue weighted by Gasteiger charge is -2.34. The van der Waals surface area contributed by atoms with Crippen molar-refractivity contribution in [3.05, 3.63) is 0 Å². The zero-order chi connectivity index (χ0) is 13.2. The summed E-state index contributed by atoms with van der Waals surface area (Å²) in [6.45, 7) is 9.93. The van der Waals surface area contributed by atoms with E-state index < -0.39 is 0 Å². The molecule has 0 aromatic rings. The van der Waals surface area contributed by atoms with Crippen LogP contribution < -0.4 is 5.73 Å². The van der Waals surface area contributed by atoms with Gasteiger partial charge in [0.15, 0.2) is 0 Å². The van der Waals surface area contributed by atoms with Crippen LogP contribution in [0.3, 0.4) is 0 Å². The smallest absolute Gasteiger partial charge is 0.0747 e. The minimum Gasteiger partial charge on any atom is -0.374 e. The van der Waals surface area contributed by atoms with Crippen LogP contribution in [0.1, 0.15) is 40.0 Å². The molecule has 2 aliphatic heterocycles.